The van der Waals surface area contributed by atoms with E-state index in [0.29, 0.717) is 17.5 Å². The lowest BCUT2D eigenvalue weighted by atomic mass is 10.1. The molecule has 0 bridgehead atoms. The fourth-order valence-electron chi connectivity index (χ4n) is 2.17. The predicted octanol–water partition coefficient (Wildman–Crippen LogP) is 4.19. The molecule has 2 rings (SSSR count). The smallest absolute Gasteiger partial charge is 0.129 e. The normalized spacial score (nSPS) is 15.4. The summed E-state index contributed by atoms with van der Waals surface area (Å²) in [5.74, 6) is 0.623. The van der Waals surface area contributed by atoms with E-state index < -0.39 is 0 Å². The van der Waals surface area contributed by atoms with Crippen molar-refractivity contribution in [1.82, 2.24) is 0 Å². The summed E-state index contributed by atoms with van der Waals surface area (Å²) in [6.45, 7) is 5.35. The van der Waals surface area contributed by atoms with Gasteiger partial charge in [-0.25, -0.2) is 4.39 Å². The maximum atomic E-state index is 13.7. The number of halogens is 2. The minimum atomic E-state index is -0.188. The molecule has 94 valence electrons. The molecule has 1 fully saturated rings. The van der Waals surface area contributed by atoms with Crippen LogP contribution in [0, 0.1) is 11.7 Å². The lowest BCUT2D eigenvalue weighted by Gasteiger charge is -2.28. The third kappa shape index (κ3) is 2.92. The Bertz CT molecular complexity index is 388. The molecule has 0 N–H and O–H groups in total. The lowest BCUT2D eigenvalue weighted by Crippen LogP contribution is -2.30. The van der Waals surface area contributed by atoms with E-state index in [4.69, 9.17) is 11.6 Å². The molecule has 3 heteroatoms. The second-order valence-electron chi connectivity index (χ2n) is 5.15. The largest absolute Gasteiger partial charge is 0.368 e. The molecule has 17 heavy (non-hydrogen) atoms. The molecular formula is C14H19ClFN. The molecule has 0 unspecified atom stereocenters. The molecule has 0 amide bonds. The van der Waals surface area contributed by atoms with Gasteiger partial charge in [0, 0.05) is 23.8 Å². The summed E-state index contributed by atoms with van der Waals surface area (Å²) < 4.78 is 13.7. The summed E-state index contributed by atoms with van der Waals surface area (Å²) in [7, 11) is 0. The van der Waals surface area contributed by atoms with Gasteiger partial charge in [-0.15, -0.1) is 11.6 Å². The van der Waals surface area contributed by atoms with Crippen LogP contribution in [0.25, 0.3) is 0 Å². The van der Waals surface area contributed by atoms with Gasteiger partial charge in [0.2, 0.25) is 0 Å². The van der Waals surface area contributed by atoms with Gasteiger partial charge in [-0.2, -0.15) is 0 Å². The standard InChI is InChI=1S/C14H19ClFN/c1-10(2)9-17(11-6-7-11)14-5-3-4-13(16)12(14)8-15/h3-5,10-11H,6-9H2,1-2H3. The first-order chi connectivity index (χ1) is 8.13. The molecule has 0 radical (unpaired) electrons. The van der Waals surface area contributed by atoms with Crippen LogP contribution in [0.5, 0.6) is 0 Å². The van der Waals surface area contributed by atoms with Crippen molar-refractivity contribution in [2.45, 2.75) is 38.6 Å². The molecule has 1 aliphatic carbocycles. The van der Waals surface area contributed by atoms with E-state index in [9.17, 15) is 4.39 Å². The second kappa shape index (κ2) is 5.26. The Hall–Kier alpha value is -0.760. The molecule has 1 aliphatic rings. The summed E-state index contributed by atoms with van der Waals surface area (Å²) >= 11 is 5.88. The number of rotatable bonds is 5. The monoisotopic (exact) mass is 255 g/mol. The number of anilines is 1. The molecule has 1 aromatic carbocycles. The number of nitrogens with zero attached hydrogens (tertiary/aromatic N) is 1. The van der Waals surface area contributed by atoms with Gasteiger partial charge in [0.05, 0.1) is 5.88 Å². The SMILES string of the molecule is CC(C)CN(c1cccc(F)c1CCl)C1CC1. The van der Waals surface area contributed by atoms with Crippen LogP contribution in [0.15, 0.2) is 18.2 Å². The van der Waals surface area contributed by atoms with Crippen LogP contribution in [0.2, 0.25) is 0 Å². The van der Waals surface area contributed by atoms with E-state index in [1.165, 1.54) is 18.9 Å². The first-order valence-electron chi connectivity index (χ1n) is 6.23. The van der Waals surface area contributed by atoms with E-state index in [1.54, 1.807) is 6.07 Å². The van der Waals surface area contributed by atoms with Gasteiger partial charge in [-0.3, -0.25) is 0 Å². The van der Waals surface area contributed by atoms with Crippen LogP contribution >= 0.6 is 11.6 Å². The van der Waals surface area contributed by atoms with Gasteiger partial charge < -0.3 is 4.90 Å². The molecule has 0 spiro atoms. The van der Waals surface area contributed by atoms with E-state index in [0.717, 1.165) is 12.2 Å². The van der Waals surface area contributed by atoms with Crippen molar-refractivity contribution in [1.29, 1.82) is 0 Å². The van der Waals surface area contributed by atoms with Crippen molar-refractivity contribution in [2.75, 3.05) is 11.4 Å². The average molecular weight is 256 g/mol. The Morgan fingerprint density at radius 2 is 2.12 bits per heavy atom. The first kappa shape index (κ1) is 12.7. The zero-order chi connectivity index (χ0) is 12.4. The van der Waals surface area contributed by atoms with Gasteiger partial charge in [0.25, 0.3) is 0 Å². The number of alkyl halides is 1. The Morgan fingerprint density at radius 3 is 2.65 bits per heavy atom. The van der Waals surface area contributed by atoms with Gasteiger partial charge in [-0.1, -0.05) is 19.9 Å². The molecule has 0 saturated heterocycles. The van der Waals surface area contributed by atoms with Crippen molar-refractivity contribution in [3.63, 3.8) is 0 Å². The first-order valence-corrected chi connectivity index (χ1v) is 6.77. The number of hydrogen-bond donors (Lipinski definition) is 0. The second-order valence-corrected chi connectivity index (χ2v) is 5.42. The molecule has 0 aromatic heterocycles. The van der Waals surface area contributed by atoms with Crippen LogP contribution in [-0.2, 0) is 5.88 Å². The third-order valence-electron chi connectivity index (χ3n) is 3.09. The van der Waals surface area contributed by atoms with Gasteiger partial charge >= 0.3 is 0 Å². The Kier molecular flexibility index (Phi) is 3.93. The molecular weight excluding hydrogens is 237 g/mol. The van der Waals surface area contributed by atoms with Crippen LogP contribution in [-0.4, -0.2) is 12.6 Å². The topological polar surface area (TPSA) is 3.24 Å². The third-order valence-corrected chi connectivity index (χ3v) is 3.35. The number of hydrogen-bond acceptors (Lipinski definition) is 1. The van der Waals surface area contributed by atoms with Crippen LogP contribution in [0.4, 0.5) is 10.1 Å². The highest BCUT2D eigenvalue weighted by Crippen LogP contribution is 2.35. The van der Waals surface area contributed by atoms with Crippen LogP contribution in [0.3, 0.4) is 0 Å². The summed E-state index contributed by atoms with van der Waals surface area (Å²) in [4.78, 5) is 2.32. The molecule has 0 heterocycles. The zero-order valence-electron chi connectivity index (χ0n) is 10.4. The summed E-state index contributed by atoms with van der Waals surface area (Å²) in [5, 5.41) is 0. The molecule has 1 saturated carbocycles. The van der Waals surface area contributed by atoms with Crippen molar-refractivity contribution in [3.8, 4) is 0 Å². The highest BCUT2D eigenvalue weighted by Gasteiger charge is 2.31. The molecule has 1 aromatic rings. The highest BCUT2D eigenvalue weighted by atomic mass is 35.5. The average Bonchev–Trinajstić information content (AvgIpc) is 3.09. The van der Waals surface area contributed by atoms with E-state index >= 15 is 0 Å². The van der Waals surface area contributed by atoms with Gasteiger partial charge in [0.15, 0.2) is 0 Å². The Labute approximate surface area is 108 Å². The van der Waals surface area contributed by atoms with Crippen LogP contribution in [0.1, 0.15) is 32.3 Å². The van der Waals surface area contributed by atoms with Gasteiger partial charge in [-0.05, 0) is 30.9 Å². The van der Waals surface area contributed by atoms with Gasteiger partial charge in [0.1, 0.15) is 5.82 Å². The molecule has 0 atom stereocenters. The predicted molar refractivity (Wildman–Crippen MR) is 71.2 cm³/mol. The Morgan fingerprint density at radius 1 is 1.41 bits per heavy atom. The van der Waals surface area contributed by atoms with Crippen molar-refractivity contribution in [2.24, 2.45) is 5.92 Å². The maximum Gasteiger partial charge on any atom is 0.129 e. The van der Waals surface area contributed by atoms with E-state index in [2.05, 4.69) is 18.7 Å². The molecule has 0 aliphatic heterocycles. The minimum absolute atomic E-state index is 0.188. The van der Waals surface area contributed by atoms with E-state index in [1.807, 2.05) is 6.07 Å². The zero-order valence-corrected chi connectivity index (χ0v) is 11.2. The lowest BCUT2D eigenvalue weighted by molar-refractivity contribution is 0.593. The minimum Gasteiger partial charge on any atom is -0.368 e. The maximum absolute atomic E-state index is 13.7. The van der Waals surface area contributed by atoms with Crippen molar-refractivity contribution < 1.29 is 4.39 Å². The highest BCUT2D eigenvalue weighted by molar-refractivity contribution is 6.17. The summed E-state index contributed by atoms with van der Waals surface area (Å²) in [6.07, 6.45) is 2.43. The fourth-order valence-corrected chi connectivity index (χ4v) is 2.44. The van der Waals surface area contributed by atoms with Crippen molar-refractivity contribution >= 4 is 17.3 Å². The Balaban J connectivity index is 2.31. The molecule has 1 nitrogen and oxygen atoms in total. The van der Waals surface area contributed by atoms with E-state index in [-0.39, 0.29) is 11.7 Å². The summed E-state index contributed by atoms with van der Waals surface area (Å²) in [5.41, 5.74) is 1.62. The number of benzene rings is 1. The quantitative estimate of drug-likeness (QED) is 0.713. The fraction of sp³-hybridized carbons (Fsp3) is 0.571. The summed E-state index contributed by atoms with van der Waals surface area (Å²) in [6, 6.07) is 5.83. The van der Waals surface area contributed by atoms with Crippen molar-refractivity contribution in [3.05, 3.63) is 29.6 Å². The van der Waals surface area contributed by atoms with Crippen LogP contribution < -0.4 is 4.90 Å².